The Labute approximate surface area is 497 Å². The SMILES string of the molecule is CN[C@@H](Cc1cnc(OC)c(OCCCOC)c1)C(C)C.COCCCOc1cc(C)cnc1OC.COCCCOc1cc(C[C@@H](C(C)C)N(C)S(=O)(=O)c2ccc(C)cc2)cnc1OC.Cc1ccc(S(=O)(=O)N2C[C@H]2C(C)C)cc1. The molecule has 4 heterocycles. The van der Waals surface area contributed by atoms with E-state index in [2.05, 4.69) is 48.0 Å². The molecule has 1 aliphatic heterocycles. The van der Waals surface area contributed by atoms with Gasteiger partial charge in [-0.25, -0.2) is 31.8 Å². The van der Waals surface area contributed by atoms with E-state index in [0.29, 0.717) is 115 Å². The summed E-state index contributed by atoms with van der Waals surface area (Å²) < 4.78 is 102. The minimum Gasteiger partial charge on any atom is -0.488 e. The Morgan fingerprint density at radius 3 is 1.34 bits per heavy atom. The Hall–Kier alpha value is -5.65. The van der Waals surface area contributed by atoms with Gasteiger partial charge in [0.15, 0.2) is 17.2 Å². The lowest BCUT2D eigenvalue weighted by atomic mass is 9.97. The smallest absolute Gasteiger partial charge is 0.256 e. The van der Waals surface area contributed by atoms with Crippen molar-refractivity contribution in [1.29, 1.82) is 0 Å². The molecule has 83 heavy (non-hydrogen) atoms. The molecule has 6 rings (SSSR count). The number of pyridine rings is 3. The molecule has 2 aromatic carbocycles. The van der Waals surface area contributed by atoms with E-state index in [1.54, 1.807) is 90.7 Å². The van der Waals surface area contributed by atoms with Crippen molar-refractivity contribution in [3.05, 3.63) is 113 Å². The second-order valence-corrected chi connectivity index (χ2v) is 25.1. The standard InChI is InChI=1S/C23H34N2O5S.C16H28N2O3.C12H17NO2S.C11H17NO3/c1-17(2)21(25(4)31(26,27)20-10-8-18(3)9-11-20)14-19-15-22(23(29-6)24-16-19)30-13-7-12-28-5;1-12(2)14(17-3)9-13-10-15(16(20-5)18-11-13)21-8-6-7-19-4;1-9(2)12-8-13(12)16(14,15)11-6-4-10(3)5-7-11;1-9-7-10(11(14-3)12-8-9)15-6-4-5-13-2/h8-11,15-17,21H,7,12-14H2,1-6H3;10-12,14,17H,6-9H2,1-5H3;4-7,9,12H,8H2,1-3H3;7-8H,4-6H2,1-3H3/t21-;14-;12-,13?;/m000./s1. The number of aryl methyl sites for hydroxylation is 3. The van der Waals surface area contributed by atoms with E-state index >= 15 is 0 Å². The lowest BCUT2D eigenvalue weighted by Gasteiger charge is -2.30. The first-order valence-corrected chi connectivity index (χ1v) is 31.1. The summed E-state index contributed by atoms with van der Waals surface area (Å²) in [6.45, 7) is 22.7. The van der Waals surface area contributed by atoms with Crippen LogP contribution < -0.4 is 33.7 Å². The summed E-state index contributed by atoms with van der Waals surface area (Å²) in [5, 5.41) is 3.34. The molecule has 0 aliphatic carbocycles. The van der Waals surface area contributed by atoms with E-state index in [1.807, 2.05) is 90.3 Å². The van der Waals surface area contributed by atoms with Gasteiger partial charge in [0, 0.05) is 111 Å². The van der Waals surface area contributed by atoms with E-state index in [9.17, 15) is 16.8 Å². The third-order valence-electron chi connectivity index (χ3n) is 13.5. The van der Waals surface area contributed by atoms with Crippen LogP contribution >= 0.6 is 0 Å². The van der Waals surface area contributed by atoms with Crippen molar-refractivity contribution in [3.63, 3.8) is 0 Å². The van der Waals surface area contributed by atoms with Gasteiger partial charge >= 0.3 is 0 Å². The van der Waals surface area contributed by atoms with E-state index in [1.165, 1.54) is 4.31 Å². The van der Waals surface area contributed by atoms with Gasteiger partial charge in [-0.15, -0.1) is 0 Å². The van der Waals surface area contributed by atoms with E-state index in [0.717, 1.165) is 53.5 Å². The summed E-state index contributed by atoms with van der Waals surface area (Å²) >= 11 is 0. The van der Waals surface area contributed by atoms with Crippen molar-refractivity contribution in [2.24, 2.45) is 17.8 Å². The maximum atomic E-state index is 13.2. The van der Waals surface area contributed by atoms with Crippen LogP contribution in [-0.4, -0.2) is 161 Å². The van der Waals surface area contributed by atoms with Crippen LogP contribution in [0, 0.1) is 38.5 Å². The van der Waals surface area contributed by atoms with Crippen LogP contribution in [0.25, 0.3) is 0 Å². The Bertz CT molecular complexity index is 2860. The van der Waals surface area contributed by atoms with Crippen LogP contribution in [0.2, 0.25) is 0 Å². The molecule has 21 heteroatoms. The van der Waals surface area contributed by atoms with Gasteiger partial charge in [0.05, 0.1) is 50.9 Å². The second-order valence-electron chi connectivity index (χ2n) is 21.2. The summed E-state index contributed by atoms with van der Waals surface area (Å²) in [6, 6.07) is 20.1. The van der Waals surface area contributed by atoms with E-state index < -0.39 is 20.0 Å². The van der Waals surface area contributed by atoms with Crippen molar-refractivity contribution >= 4 is 20.0 Å². The highest BCUT2D eigenvalue weighted by molar-refractivity contribution is 7.89. The number of aromatic nitrogens is 3. The van der Waals surface area contributed by atoms with Crippen molar-refractivity contribution in [1.82, 2.24) is 28.9 Å². The van der Waals surface area contributed by atoms with Crippen LogP contribution in [-0.2, 0) is 47.1 Å². The summed E-state index contributed by atoms with van der Waals surface area (Å²) in [5.74, 6) is 4.44. The average molecular weight is 1200 g/mol. The minimum absolute atomic E-state index is 0.0957. The van der Waals surface area contributed by atoms with Gasteiger partial charge in [0.25, 0.3) is 17.6 Å². The van der Waals surface area contributed by atoms with Gasteiger partial charge in [-0.1, -0.05) is 76.9 Å². The molecule has 1 saturated heterocycles. The Morgan fingerprint density at radius 1 is 0.554 bits per heavy atom. The molecule has 0 amide bonds. The lowest BCUT2D eigenvalue weighted by Crippen LogP contribution is -2.41. The first-order chi connectivity index (χ1) is 39.5. The third-order valence-corrected chi connectivity index (χ3v) is 17.3. The van der Waals surface area contributed by atoms with Gasteiger partial charge in [-0.3, -0.25) is 0 Å². The molecular weight excluding hydrogens is 1100 g/mol. The first-order valence-electron chi connectivity index (χ1n) is 28.2. The van der Waals surface area contributed by atoms with Gasteiger partial charge in [0.1, 0.15) is 0 Å². The number of sulfonamides is 2. The number of rotatable bonds is 31. The molecule has 4 atom stereocenters. The molecule has 1 unspecified atom stereocenters. The third kappa shape index (κ3) is 23.7. The molecular formula is C62H96N6O13S2. The molecule has 3 aromatic heterocycles. The fourth-order valence-corrected chi connectivity index (χ4v) is 11.6. The normalized spacial score (nSPS) is 14.6. The number of nitrogens with one attached hydrogen (secondary N) is 1. The summed E-state index contributed by atoms with van der Waals surface area (Å²) in [7, 11) is 6.51. The van der Waals surface area contributed by atoms with Gasteiger partial charge in [0.2, 0.25) is 20.0 Å². The van der Waals surface area contributed by atoms with Crippen LogP contribution in [0.5, 0.6) is 34.9 Å². The number of nitrogens with zero attached hydrogens (tertiary/aromatic N) is 5. The molecule has 1 aliphatic rings. The maximum Gasteiger partial charge on any atom is 0.256 e. The minimum atomic E-state index is -3.62. The zero-order valence-corrected chi connectivity index (χ0v) is 54.0. The van der Waals surface area contributed by atoms with Crippen LogP contribution in [0.15, 0.2) is 95.1 Å². The van der Waals surface area contributed by atoms with Gasteiger partial charge < -0.3 is 47.9 Å². The van der Waals surface area contributed by atoms with E-state index in [-0.39, 0.29) is 18.0 Å². The number of benzene rings is 2. The second kappa shape index (κ2) is 36.9. The number of ether oxygens (including phenoxy) is 9. The van der Waals surface area contributed by atoms with Crippen molar-refractivity contribution < 1.29 is 59.5 Å². The van der Waals surface area contributed by atoms with Gasteiger partial charge in [-0.2, -0.15) is 8.61 Å². The zero-order chi connectivity index (χ0) is 61.7. The monoisotopic (exact) mass is 1200 g/mol. The lowest BCUT2D eigenvalue weighted by molar-refractivity contribution is 0.170. The number of methoxy groups -OCH3 is 6. The van der Waals surface area contributed by atoms with Crippen LogP contribution in [0.4, 0.5) is 0 Å². The Morgan fingerprint density at radius 2 is 0.964 bits per heavy atom. The van der Waals surface area contributed by atoms with Gasteiger partial charge in [-0.05, 0) is 118 Å². The fourth-order valence-electron chi connectivity index (χ4n) is 8.43. The number of hydrogen-bond donors (Lipinski definition) is 1. The molecule has 19 nitrogen and oxygen atoms in total. The van der Waals surface area contributed by atoms with E-state index in [4.69, 9.17) is 42.6 Å². The molecule has 0 bridgehead atoms. The molecule has 1 N–H and O–H groups in total. The predicted octanol–water partition coefficient (Wildman–Crippen LogP) is 9.83. The molecule has 5 aromatic rings. The highest BCUT2D eigenvalue weighted by atomic mass is 32.2. The fraction of sp³-hybridized carbons (Fsp3) is 0.565. The van der Waals surface area contributed by atoms with Crippen LogP contribution in [0.1, 0.15) is 88.6 Å². The Kier molecular flexibility index (Phi) is 31.9. The predicted molar refractivity (Wildman–Crippen MR) is 327 cm³/mol. The molecule has 0 spiro atoms. The topological polar surface area (TPSA) is 208 Å². The number of hydrogen-bond acceptors (Lipinski definition) is 17. The molecule has 0 saturated carbocycles. The van der Waals surface area contributed by atoms with Crippen molar-refractivity contribution in [2.45, 2.75) is 122 Å². The molecule has 464 valence electrons. The summed E-state index contributed by atoms with van der Waals surface area (Å²) in [5.41, 5.74) is 5.17. The molecule has 1 fully saturated rings. The zero-order valence-electron chi connectivity index (χ0n) is 52.4. The summed E-state index contributed by atoms with van der Waals surface area (Å²) in [6.07, 6.45) is 9.18. The molecule has 0 radical (unpaired) electrons. The largest absolute Gasteiger partial charge is 0.488 e. The number of likely N-dealkylation sites (N-methyl/N-ethyl adjacent to an activating group) is 2. The highest BCUT2D eigenvalue weighted by Crippen LogP contribution is 2.33. The highest BCUT2D eigenvalue weighted by Gasteiger charge is 2.46. The quantitative estimate of drug-likeness (QED) is 0.0323. The maximum absolute atomic E-state index is 13.2. The summed E-state index contributed by atoms with van der Waals surface area (Å²) in [4.78, 5) is 13.5. The Balaban J connectivity index is 0.000000304. The van der Waals surface area contributed by atoms with Crippen molar-refractivity contribution in [3.8, 4) is 34.9 Å². The van der Waals surface area contributed by atoms with Crippen LogP contribution in [0.3, 0.4) is 0 Å². The van der Waals surface area contributed by atoms with Crippen molar-refractivity contribution in [2.75, 3.05) is 103 Å². The average Bonchev–Trinajstić information content (AvgIpc) is 3.65. The first kappa shape index (κ1) is 71.6.